The van der Waals surface area contributed by atoms with Crippen molar-refractivity contribution in [2.24, 2.45) is 0 Å². The zero-order valence-corrected chi connectivity index (χ0v) is 17.7. The number of aryl methyl sites for hydroxylation is 3. The first-order valence-electron chi connectivity index (χ1n) is 10.3. The molecule has 1 unspecified atom stereocenters. The number of anilines is 1. The van der Waals surface area contributed by atoms with Crippen LogP contribution < -0.4 is 4.90 Å². The molecule has 30 heavy (non-hydrogen) atoms. The summed E-state index contributed by atoms with van der Waals surface area (Å²) >= 11 is 0. The van der Waals surface area contributed by atoms with E-state index in [0.29, 0.717) is 38.3 Å². The molecule has 1 aliphatic heterocycles. The third-order valence-electron chi connectivity index (χ3n) is 5.85. The summed E-state index contributed by atoms with van der Waals surface area (Å²) in [4.78, 5) is 32.6. The third-order valence-corrected chi connectivity index (χ3v) is 5.85. The number of imidazole rings is 1. The number of H-pyrrole nitrogens is 1. The van der Waals surface area contributed by atoms with E-state index in [1.165, 1.54) is 11.1 Å². The van der Waals surface area contributed by atoms with Gasteiger partial charge in [0.05, 0.1) is 24.1 Å². The van der Waals surface area contributed by atoms with Crippen molar-refractivity contribution >= 4 is 22.9 Å². The molecular formula is C22H28N6O2. The van der Waals surface area contributed by atoms with Crippen LogP contribution in [0.4, 0.5) is 5.95 Å². The number of amides is 1. The number of aromatic nitrogens is 4. The standard InChI is InChI=1S/C22H28N6O2/c1-15-11-17-18(12-16(15)2)26-19(25-17)5-6-20(29)27(3)13-22(30)7-10-28(14-22)21-23-8-4-9-24-21/h4,8-9,11-12,30H,5-7,10,13-14H2,1-3H3,(H,25,26). The molecule has 0 spiro atoms. The van der Waals surface area contributed by atoms with Gasteiger partial charge in [0, 0.05) is 38.8 Å². The molecule has 0 aliphatic carbocycles. The van der Waals surface area contributed by atoms with Crippen LogP contribution in [0.1, 0.15) is 29.8 Å². The molecule has 1 atom stereocenters. The van der Waals surface area contributed by atoms with E-state index in [2.05, 4.69) is 45.9 Å². The van der Waals surface area contributed by atoms with Crippen LogP contribution >= 0.6 is 0 Å². The monoisotopic (exact) mass is 408 g/mol. The normalized spacial score (nSPS) is 18.9. The molecule has 1 aromatic carbocycles. The number of likely N-dealkylation sites (N-methyl/N-ethyl adjacent to an activating group) is 1. The Morgan fingerprint density at radius 2 is 2.00 bits per heavy atom. The number of nitrogens with one attached hydrogen (secondary N) is 1. The van der Waals surface area contributed by atoms with Gasteiger partial charge < -0.3 is 19.9 Å². The molecular weight excluding hydrogens is 380 g/mol. The van der Waals surface area contributed by atoms with E-state index in [1.807, 2.05) is 4.90 Å². The zero-order chi connectivity index (χ0) is 21.3. The Morgan fingerprint density at radius 3 is 2.77 bits per heavy atom. The highest BCUT2D eigenvalue weighted by Gasteiger charge is 2.38. The van der Waals surface area contributed by atoms with Crippen molar-refractivity contribution in [3.8, 4) is 0 Å². The van der Waals surface area contributed by atoms with Crippen LogP contribution in [0.3, 0.4) is 0 Å². The van der Waals surface area contributed by atoms with Gasteiger partial charge in [0.25, 0.3) is 0 Å². The van der Waals surface area contributed by atoms with Crippen LogP contribution in [0.15, 0.2) is 30.6 Å². The Balaban J connectivity index is 1.33. The van der Waals surface area contributed by atoms with Gasteiger partial charge in [0.1, 0.15) is 11.4 Å². The summed E-state index contributed by atoms with van der Waals surface area (Å²) in [6.45, 7) is 5.51. The predicted molar refractivity (Wildman–Crippen MR) is 115 cm³/mol. The molecule has 1 amide bonds. The van der Waals surface area contributed by atoms with Gasteiger partial charge in [0.15, 0.2) is 0 Å². The maximum Gasteiger partial charge on any atom is 0.225 e. The van der Waals surface area contributed by atoms with Gasteiger partial charge in [-0.15, -0.1) is 0 Å². The molecule has 4 rings (SSSR count). The molecule has 2 N–H and O–H groups in total. The zero-order valence-electron chi connectivity index (χ0n) is 17.7. The van der Waals surface area contributed by atoms with Crippen LogP contribution in [-0.2, 0) is 11.2 Å². The van der Waals surface area contributed by atoms with Crippen LogP contribution in [0.2, 0.25) is 0 Å². The number of aliphatic hydroxyl groups is 1. The quantitative estimate of drug-likeness (QED) is 0.647. The molecule has 1 fully saturated rings. The molecule has 0 radical (unpaired) electrons. The highest BCUT2D eigenvalue weighted by molar-refractivity contribution is 5.78. The molecule has 3 heterocycles. The summed E-state index contributed by atoms with van der Waals surface area (Å²) in [5.74, 6) is 1.41. The van der Waals surface area contributed by atoms with Crippen molar-refractivity contribution in [2.75, 3.05) is 31.6 Å². The number of aromatic amines is 1. The fourth-order valence-electron chi connectivity index (χ4n) is 4.00. The molecule has 158 valence electrons. The Labute approximate surface area is 176 Å². The number of rotatable bonds is 6. The molecule has 0 saturated carbocycles. The maximum absolute atomic E-state index is 12.7. The number of nitrogens with zero attached hydrogens (tertiary/aromatic N) is 5. The van der Waals surface area contributed by atoms with Gasteiger partial charge >= 0.3 is 0 Å². The van der Waals surface area contributed by atoms with Crippen LogP contribution in [0.5, 0.6) is 0 Å². The van der Waals surface area contributed by atoms with Crippen molar-refractivity contribution in [1.29, 1.82) is 0 Å². The fraction of sp³-hybridized carbons (Fsp3) is 0.455. The first-order chi connectivity index (χ1) is 14.3. The van der Waals surface area contributed by atoms with Gasteiger partial charge in [0.2, 0.25) is 11.9 Å². The minimum absolute atomic E-state index is 0.00865. The summed E-state index contributed by atoms with van der Waals surface area (Å²) in [5, 5.41) is 11.0. The highest BCUT2D eigenvalue weighted by atomic mass is 16.3. The predicted octanol–water partition coefficient (Wildman–Crippen LogP) is 2.00. The SMILES string of the molecule is Cc1cc2nc(CCC(=O)N(C)CC3(O)CCN(c4ncccn4)C3)[nH]c2cc1C. The summed E-state index contributed by atoms with van der Waals surface area (Å²) in [7, 11) is 1.74. The second-order valence-corrected chi connectivity index (χ2v) is 8.33. The van der Waals surface area contributed by atoms with Crippen LogP contribution in [0.25, 0.3) is 11.0 Å². The first-order valence-corrected chi connectivity index (χ1v) is 10.3. The van der Waals surface area contributed by atoms with Crippen molar-refractivity contribution in [3.63, 3.8) is 0 Å². The molecule has 2 aromatic heterocycles. The minimum atomic E-state index is -0.960. The number of carbonyl (C=O) groups excluding carboxylic acids is 1. The van der Waals surface area contributed by atoms with Gasteiger partial charge in [-0.2, -0.15) is 0 Å². The lowest BCUT2D eigenvalue weighted by molar-refractivity contribution is -0.132. The van der Waals surface area contributed by atoms with Crippen LogP contribution in [0, 0.1) is 13.8 Å². The topological polar surface area (TPSA) is 98.2 Å². The molecule has 1 saturated heterocycles. The van der Waals surface area contributed by atoms with Crippen molar-refractivity contribution in [1.82, 2.24) is 24.8 Å². The van der Waals surface area contributed by atoms with Gasteiger partial charge in [-0.3, -0.25) is 4.79 Å². The lowest BCUT2D eigenvalue weighted by Gasteiger charge is -2.29. The Kier molecular flexibility index (Phi) is 5.42. The van der Waals surface area contributed by atoms with Gasteiger partial charge in [-0.05, 0) is 49.6 Å². The highest BCUT2D eigenvalue weighted by Crippen LogP contribution is 2.25. The number of benzene rings is 1. The lowest BCUT2D eigenvalue weighted by atomic mass is 10.0. The summed E-state index contributed by atoms with van der Waals surface area (Å²) in [6.07, 6.45) is 4.84. The van der Waals surface area contributed by atoms with Crippen LogP contribution in [-0.4, -0.2) is 68.1 Å². The van der Waals surface area contributed by atoms with Crippen molar-refractivity contribution in [2.45, 2.75) is 38.7 Å². The van der Waals surface area contributed by atoms with E-state index < -0.39 is 5.60 Å². The second kappa shape index (κ2) is 8.02. The Hall–Kier alpha value is -3.00. The van der Waals surface area contributed by atoms with E-state index in [1.54, 1.807) is 30.4 Å². The maximum atomic E-state index is 12.7. The number of hydrogen-bond acceptors (Lipinski definition) is 6. The van der Waals surface area contributed by atoms with Crippen molar-refractivity contribution in [3.05, 3.63) is 47.5 Å². The summed E-state index contributed by atoms with van der Waals surface area (Å²) < 4.78 is 0. The lowest BCUT2D eigenvalue weighted by Crippen LogP contribution is -2.46. The number of β-amino-alcohol motifs (C(OH)–C–C–N with tert-alkyl or cyclic N) is 1. The third kappa shape index (κ3) is 4.28. The minimum Gasteiger partial charge on any atom is -0.386 e. The van der Waals surface area contributed by atoms with Crippen molar-refractivity contribution < 1.29 is 9.90 Å². The van der Waals surface area contributed by atoms with E-state index in [4.69, 9.17) is 0 Å². The molecule has 3 aromatic rings. The van der Waals surface area contributed by atoms with E-state index in [9.17, 15) is 9.90 Å². The average Bonchev–Trinajstić information content (AvgIpc) is 3.30. The largest absolute Gasteiger partial charge is 0.386 e. The molecule has 8 heteroatoms. The molecule has 8 nitrogen and oxygen atoms in total. The number of carbonyl (C=O) groups is 1. The summed E-state index contributed by atoms with van der Waals surface area (Å²) in [5.41, 5.74) is 3.39. The molecule has 0 bridgehead atoms. The smallest absolute Gasteiger partial charge is 0.225 e. The van der Waals surface area contributed by atoms with Gasteiger partial charge in [-0.1, -0.05) is 0 Å². The van der Waals surface area contributed by atoms with E-state index >= 15 is 0 Å². The van der Waals surface area contributed by atoms with E-state index in [0.717, 1.165) is 16.9 Å². The number of hydrogen-bond donors (Lipinski definition) is 2. The average molecular weight is 409 g/mol. The van der Waals surface area contributed by atoms with E-state index in [-0.39, 0.29) is 12.5 Å². The molecule has 1 aliphatic rings. The number of fused-ring (bicyclic) bond motifs is 1. The van der Waals surface area contributed by atoms with Gasteiger partial charge in [-0.25, -0.2) is 15.0 Å². The summed E-state index contributed by atoms with van der Waals surface area (Å²) in [6, 6.07) is 5.92. The Bertz CT molecular complexity index is 1010. The second-order valence-electron chi connectivity index (χ2n) is 8.33. The first kappa shape index (κ1) is 20.3. The fourth-order valence-corrected chi connectivity index (χ4v) is 4.00. The Morgan fingerprint density at radius 1 is 1.27 bits per heavy atom.